The Bertz CT molecular complexity index is 565. The minimum Gasteiger partial charge on any atom is -0.497 e. The van der Waals surface area contributed by atoms with E-state index in [0.29, 0.717) is 5.13 Å². The Morgan fingerprint density at radius 1 is 1.37 bits per heavy atom. The van der Waals surface area contributed by atoms with E-state index in [4.69, 9.17) is 10.5 Å². The third-order valence-electron chi connectivity index (χ3n) is 2.41. The number of anilines is 1. The van der Waals surface area contributed by atoms with Crippen molar-refractivity contribution in [2.75, 3.05) is 12.4 Å². The van der Waals surface area contributed by atoms with E-state index in [2.05, 4.69) is 15.5 Å². The number of hydrogen-bond acceptors (Lipinski definition) is 6. The van der Waals surface area contributed by atoms with E-state index in [1.54, 1.807) is 14.0 Å². The summed E-state index contributed by atoms with van der Waals surface area (Å²) in [5, 5.41) is 11.7. The predicted octanol–water partition coefficient (Wildman–Crippen LogP) is 1.50. The van der Waals surface area contributed by atoms with Crippen LogP contribution in [0.1, 0.15) is 6.92 Å². The molecule has 6 nitrogen and oxygen atoms in total. The molecule has 0 fully saturated rings. The highest BCUT2D eigenvalue weighted by atomic mass is 32.1. The summed E-state index contributed by atoms with van der Waals surface area (Å²) in [7, 11) is 1.61. The second-order valence-electron chi connectivity index (χ2n) is 3.92. The molecule has 0 bridgehead atoms. The van der Waals surface area contributed by atoms with E-state index in [1.807, 2.05) is 24.3 Å². The molecule has 1 aromatic carbocycles. The van der Waals surface area contributed by atoms with Crippen molar-refractivity contribution >= 4 is 22.4 Å². The average molecular weight is 278 g/mol. The topological polar surface area (TPSA) is 90.1 Å². The van der Waals surface area contributed by atoms with Gasteiger partial charge in [0.15, 0.2) is 0 Å². The van der Waals surface area contributed by atoms with Crippen molar-refractivity contribution in [3.05, 3.63) is 24.3 Å². The van der Waals surface area contributed by atoms with Gasteiger partial charge < -0.3 is 10.5 Å². The van der Waals surface area contributed by atoms with Gasteiger partial charge in [-0.15, -0.1) is 10.2 Å². The highest BCUT2D eigenvalue weighted by molar-refractivity contribution is 7.18. The third-order valence-corrected chi connectivity index (χ3v) is 3.29. The number of carbonyl (C=O) groups is 1. The van der Waals surface area contributed by atoms with Gasteiger partial charge in [-0.25, -0.2) is 0 Å². The SMILES string of the molecule is COc1ccc(-c2nnc(NC(=O)C(C)N)s2)cc1. The van der Waals surface area contributed by atoms with Gasteiger partial charge in [0.1, 0.15) is 10.8 Å². The maximum atomic E-state index is 11.4. The van der Waals surface area contributed by atoms with Crippen molar-refractivity contribution in [1.82, 2.24) is 10.2 Å². The first-order chi connectivity index (χ1) is 9.10. The van der Waals surface area contributed by atoms with Crippen LogP contribution in [0.5, 0.6) is 5.75 Å². The summed E-state index contributed by atoms with van der Waals surface area (Å²) < 4.78 is 5.09. The zero-order valence-corrected chi connectivity index (χ0v) is 11.4. The van der Waals surface area contributed by atoms with Gasteiger partial charge in [0.25, 0.3) is 0 Å². The Hall–Kier alpha value is -1.99. The molecule has 1 aromatic heterocycles. The molecule has 1 atom stereocenters. The number of nitrogens with one attached hydrogen (secondary N) is 1. The van der Waals surface area contributed by atoms with Crippen molar-refractivity contribution < 1.29 is 9.53 Å². The maximum absolute atomic E-state index is 11.4. The van der Waals surface area contributed by atoms with Crippen molar-refractivity contribution in [3.8, 4) is 16.3 Å². The fourth-order valence-electron chi connectivity index (χ4n) is 1.34. The number of nitrogens with two attached hydrogens (primary N) is 1. The molecule has 7 heteroatoms. The highest BCUT2D eigenvalue weighted by Gasteiger charge is 2.12. The molecule has 1 heterocycles. The highest BCUT2D eigenvalue weighted by Crippen LogP contribution is 2.27. The molecule has 1 unspecified atom stereocenters. The molecule has 0 saturated carbocycles. The lowest BCUT2D eigenvalue weighted by atomic mass is 10.2. The number of hydrogen-bond donors (Lipinski definition) is 2. The molecule has 19 heavy (non-hydrogen) atoms. The Morgan fingerprint density at radius 2 is 2.05 bits per heavy atom. The molecule has 1 amide bonds. The summed E-state index contributed by atoms with van der Waals surface area (Å²) in [6, 6.07) is 6.88. The summed E-state index contributed by atoms with van der Waals surface area (Å²) in [5.41, 5.74) is 6.38. The van der Waals surface area contributed by atoms with E-state index >= 15 is 0 Å². The minimum absolute atomic E-state index is 0.280. The van der Waals surface area contributed by atoms with Crippen LogP contribution in [0.4, 0.5) is 5.13 Å². The van der Waals surface area contributed by atoms with Gasteiger partial charge in [0.05, 0.1) is 13.2 Å². The molecule has 2 rings (SSSR count). The number of nitrogens with zero attached hydrogens (tertiary/aromatic N) is 2. The first-order valence-electron chi connectivity index (χ1n) is 5.64. The summed E-state index contributed by atoms with van der Waals surface area (Å²) in [4.78, 5) is 11.4. The Kier molecular flexibility index (Phi) is 4.08. The molecular formula is C12H14N4O2S. The van der Waals surface area contributed by atoms with Crippen molar-refractivity contribution in [2.45, 2.75) is 13.0 Å². The largest absolute Gasteiger partial charge is 0.497 e. The zero-order chi connectivity index (χ0) is 13.8. The minimum atomic E-state index is -0.576. The number of amides is 1. The Balaban J connectivity index is 2.13. The summed E-state index contributed by atoms with van der Waals surface area (Å²) >= 11 is 1.29. The molecule has 0 aliphatic heterocycles. The quantitative estimate of drug-likeness (QED) is 0.884. The van der Waals surface area contributed by atoms with Crippen LogP contribution in [0.15, 0.2) is 24.3 Å². The maximum Gasteiger partial charge on any atom is 0.242 e. The van der Waals surface area contributed by atoms with Gasteiger partial charge in [-0.2, -0.15) is 0 Å². The first-order valence-corrected chi connectivity index (χ1v) is 6.46. The van der Waals surface area contributed by atoms with Gasteiger partial charge in [0.2, 0.25) is 11.0 Å². The zero-order valence-electron chi connectivity index (χ0n) is 10.6. The first kappa shape index (κ1) is 13.4. The second-order valence-corrected chi connectivity index (χ2v) is 4.90. The molecule has 0 spiro atoms. The second kappa shape index (κ2) is 5.77. The van der Waals surface area contributed by atoms with E-state index in [-0.39, 0.29) is 5.91 Å². The third kappa shape index (κ3) is 3.27. The van der Waals surface area contributed by atoms with Gasteiger partial charge in [-0.05, 0) is 31.2 Å². The van der Waals surface area contributed by atoms with E-state index in [0.717, 1.165) is 16.3 Å². The van der Waals surface area contributed by atoms with Crippen molar-refractivity contribution in [1.29, 1.82) is 0 Å². The van der Waals surface area contributed by atoms with Crippen LogP contribution >= 0.6 is 11.3 Å². The fraction of sp³-hybridized carbons (Fsp3) is 0.250. The van der Waals surface area contributed by atoms with Crippen molar-refractivity contribution in [3.63, 3.8) is 0 Å². The van der Waals surface area contributed by atoms with Crippen molar-refractivity contribution in [2.24, 2.45) is 5.73 Å². The molecular weight excluding hydrogens is 264 g/mol. The normalized spacial score (nSPS) is 11.9. The molecule has 0 saturated heterocycles. The van der Waals surface area contributed by atoms with Crippen LogP contribution in [-0.2, 0) is 4.79 Å². The van der Waals surface area contributed by atoms with Crippen LogP contribution in [0.3, 0.4) is 0 Å². The van der Waals surface area contributed by atoms with Crippen LogP contribution in [-0.4, -0.2) is 29.3 Å². The summed E-state index contributed by atoms with van der Waals surface area (Å²) in [6.07, 6.45) is 0. The molecule has 0 aliphatic carbocycles. The summed E-state index contributed by atoms with van der Waals surface area (Å²) in [5.74, 6) is 0.496. The molecule has 0 aliphatic rings. The van der Waals surface area contributed by atoms with Crippen LogP contribution < -0.4 is 15.8 Å². The molecule has 3 N–H and O–H groups in total. The number of ether oxygens (including phenoxy) is 1. The van der Waals surface area contributed by atoms with E-state index in [1.165, 1.54) is 11.3 Å². The van der Waals surface area contributed by atoms with Gasteiger partial charge >= 0.3 is 0 Å². The van der Waals surface area contributed by atoms with E-state index < -0.39 is 6.04 Å². The predicted molar refractivity (Wildman–Crippen MR) is 74.2 cm³/mol. The number of methoxy groups -OCH3 is 1. The molecule has 100 valence electrons. The van der Waals surface area contributed by atoms with Gasteiger partial charge in [0, 0.05) is 5.56 Å². The standard InChI is InChI=1S/C12H14N4O2S/c1-7(13)10(17)14-12-16-15-11(19-12)8-3-5-9(18-2)6-4-8/h3-7H,13H2,1-2H3,(H,14,16,17). The lowest BCUT2D eigenvalue weighted by Crippen LogP contribution is -2.32. The molecule has 2 aromatic rings. The molecule has 0 radical (unpaired) electrons. The van der Waals surface area contributed by atoms with Crippen LogP contribution in [0, 0.1) is 0 Å². The average Bonchev–Trinajstić information content (AvgIpc) is 2.87. The summed E-state index contributed by atoms with van der Waals surface area (Å²) in [6.45, 7) is 1.61. The van der Waals surface area contributed by atoms with Crippen LogP contribution in [0.2, 0.25) is 0 Å². The number of aromatic nitrogens is 2. The fourth-order valence-corrected chi connectivity index (χ4v) is 2.10. The lowest BCUT2D eigenvalue weighted by Gasteiger charge is -2.02. The number of benzene rings is 1. The number of carbonyl (C=O) groups excluding carboxylic acids is 1. The smallest absolute Gasteiger partial charge is 0.242 e. The number of rotatable bonds is 4. The van der Waals surface area contributed by atoms with Crippen LogP contribution in [0.25, 0.3) is 10.6 Å². The lowest BCUT2D eigenvalue weighted by molar-refractivity contribution is -0.117. The Morgan fingerprint density at radius 3 is 2.63 bits per heavy atom. The van der Waals surface area contributed by atoms with E-state index in [9.17, 15) is 4.79 Å². The monoisotopic (exact) mass is 278 g/mol. The van der Waals surface area contributed by atoms with Gasteiger partial charge in [-0.3, -0.25) is 10.1 Å². The van der Waals surface area contributed by atoms with Gasteiger partial charge in [-0.1, -0.05) is 11.3 Å². The Labute approximate surface area is 114 Å².